The third-order valence-corrected chi connectivity index (χ3v) is 7.99. The van der Waals surface area contributed by atoms with Crippen molar-refractivity contribution in [1.82, 2.24) is 9.13 Å². The smallest absolute Gasteiger partial charge is 0.353 e. The molecular weight excluding hydrogens is 680 g/mol. The molecule has 0 fully saturated rings. The number of aromatic nitrogens is 2. The van der Waals surface area contributed by atoms with Crippen LogP contribution in [0.2, 0.25) is 0 Å². The van der Waals surface area contributed by atoms with E-state index in [1.165, 1.54) is 45.8 Å². The fraction of sp³-hybridized carbons (Fsp3) is 0.182. The summed E-state index contributed by atoms with van der Waals surface area (Å²) in [5, 5.41) is 4.81. The van der Waals surface area contributed by atoms with Crippen molar-refractivity contribution >= 4 is 21.5 Å². The first-order chi connectivity index (χ1) is 24.4. The summed E-state index contributed by atoms with van der Waals surface area (Å²) in [6, 6.07) is 25.9. The van der Waals surface area contributed by atoms with Crippen molar-refractivity contribution in [3.8, 4) is 0 Å². The first kappa shape index (κ1) is 39.1. The van der Waals surface area contributed by atoms with Crippen LogP contribution in [0.15, 0.2) is 134 Å². The molecule has 2 aromatic heterocycles. The van der Waals surface area contributed by atoms with E-state index in [9.17, 15) is 17.6 Å². The van der Waals surface area contributed by atoms with Crippen LogP contribution in [-0.4, -0.2) is 9.13 Å². The molecule has 0 saturated carbocycles. The Hall–Kier alpha value is -4.65. The van der Waals surface area contributed by atoms with E-state index in [1.54, 1.807) is 0 Å². The van der Waals surface area contributed by atoms with Crippen molar-refractivity contribution in [2.75, 3.05) is 0 Å². The second-order valence-electron chi connectivity index (χ2n) is 11.8. The summed E-state index contributed by atoms with van der Waals surface area (Å²) in [6.07, 6.45) is 31.1. The molecule has 51 heavy (non-hydrogen) atoms. The molecule has 4 aromatic carbocycles. The van der Waals surface area contributed by atoms with Gasteiger partial charge >= 0.3 is 21.7 Å². The quantitative estimate of drug-likeness (QED) is 0.0842. The van der Waals surface area contributed by atoms with Gasteiger partial charge in [0.1, 0.15) is 0 Å². The van der Waals surface area contributed by atoms with Gasteiger partial charge in [-0.05, 0) is 34.4 Å². The summed E-state index contributed by atoms with van der Waals surface area (Å²) in [5.74, 6) is -2.46. The second-order valence-corrected chi connectivity index (χ2v) is 11.8. The zero-order valence-electron chi connectivity index (χ0n) is 28.3. The van der Waals surface area contributed by atoms with Crippen LogP contribution in [-0.2, 0) is 47.6 Å². The normalized spacial score (nSPS) is 12.2. The number of nitrogens with zero attached hydrogens (tertiary/aromatic N) is 2. The van der Waals surface area contributed by atoms with Crippen molar-refractivity contribution in [1.29, 1.82) is 0 Å². The largest absolute Gasteiger partial charge is 4.00 e. The van der Waals surface area contributed by atoms with Gasteiger partial charge < -0.3 is 9.13 Å². The monoisotopic (exact) mass is 718 g/mol. The van der Waals surface area contributed by atoms with Gasteiger partial charge in [-0.2, -0.15) is 24.3 Å². The van der Waals surface area contributed by atoms with Crippen LogP contribution in [0.4, 0.5) is 17.6 Å². The van der Waals surface area contributed by atoms with E-state index in [-0.39, 0.29) is 21.7 Å². The Kier molecular flexibility index (Phi) is 16.0. The maximum Gasteiger partial charge on any atom is 4.00 e. The molecule has 0 bridgehead atoms. The van der Waals surface area contributed by atoms with Crippen LogP contribution >= 0.6 is 0 Å². The number of halogens is 4. The standard InChI is InChI=1S/2C17H14F2N.2C5H5.Ti/c2*18-16-8-7-13(17(19)10-16)6-3-9-20-11-14-4-1-2-5-15(14)12-20;2*1-2-4-5-3-1;/h2*1-2,4-5,7-8,11-12H,3,6,9H2;2*1-3H,4H2;/q4*-1;+4. The zero-order valence-corrected chi connectivity index (χ0v) is 29.8. The summed E-state index contributed by atoms with van der Waals surface area (Å²) >= 11 is 0. The van der Waals surface area contributed by atoms with E-state index in [2.05, 4.69) is 94.6 Å². The van der Waals surface area contributed by atoms with Crippen LogP contribution < -0.4 is 0 Å². The minimum Gasteiger partial charge on any atom is -0.353 e. The number of hydrogen-bond donors (Lipinski definition) is 0. The number of allylic oxidation sites excluding steroid dienone is 8. The fourth-order valence-electron chi connectivity index (χ4n) is 5.46. The minimum absolute atomic E-state index is 0. The van der Waals surface area contributed by atoms with Gasteiger partial charge in [-0.3, -0.25) is 12.2 Å². The maximum absolute atomic E-state index is 13.4. The van der Waals surface area contributed by atoms with E-state index in [0.717, 1.165) is 38.8 Å². The first-order valence-electron chi connectivity index (χ1n) is 16.7. The Morgan fingerprint density at radius 2 is 0.882 bits per heavy atom. The van der Waals surface area contributed by atoms with Crippen molar-refractivity contribution in [3.63, 3.8) is 0 Å². The molecule has 0 amide bonds. The summed E-state index contributed by atoms with van der Waals surface area (Å²) in [7, 11) is 0. The molecule has 0 atom stereocenters. The van der Waals surface area contributed by atoms with Crippen molar-refractivity contribution < 1.29 is 39.3 Å². The van der Waals surface area contributed by atoms with E-state index in [4.69, 9.17) is 0 Å². The summed E-state index contributed by atoms with van der Waals surface area (Å²) in [4.78, 5) is 0. The molecule has 2 nitrogen and oxygen atoms in total. The van der Waals surface area contributed by atoms with E-state index >= 15 is 0 Å². The molecule has 0 spiro atoms. The van der Waals surface area contributed by atoms with Gasteiger partial charge in [0, 0.05) is 61.1 Å². The number of benzene rings is 4. The number of fused-ring (bicyclic) bond motifs is 2. The van der Waals surface area contributed by atoms with E-state index in [1.807, 2.05) is 48.6 Å². The van der Waals surface area contributed by atoms with Gasteiger partial charge in [-0.25, -0.2) is 41.9 Å². The molecule has 0 unspecified atom stereocenters. The Morgan fingerprint density at radius 3 is 1.16 bits per heavy atom. The van der Waals surface area contributed by atoms with Gasteiger partial charge in [-0.15, -0.1) is 48.2 Å². The second kappa shape index (κ2) is 20.9. The summed E-state index contributed by atoms with van der Waals surface area (Å²) in [5.41, 5.74) is 1.03. The van der Waals surface area contributed by atoms with Crippen LogP contribution in [0.25, 0.3) is 21.5 Å². The Labute approximate surface area is 313 Å². The molecule has 0 saturated heterocycles. The molecule has 0 N–H and O–H groups in total. The van der Waals surface area contributed by atoms with Gasteiger partial charge in [0.25, 0.3) is 0 Å². The predicted molar refractivity (Wildman–Crippen MR) is 194 cm³/mol. The third kappa shape index (κ3) is 12.9. The van der Waals surface area contributed by atoms with Gasteiger partial charge in [-0.1, -0.05) is 61.4 Å². The molecular formula is C44H38F4N2Ti. The topological polar surface area (TPSA) is 9.86 Å². The Morgan fingerprint density at radius 1 is 0.510 bits per heavy atom. The van der Waals surface area contributed by atoms with E-state index in [0.29, 0.717) is 24.0 Å². The first-order valence-corrected chi connectivity index (χ1v) is 16.7. The SMILES string of the molecule is Fc1[c-]c(F)c(CCCn2cc3ccccc3c2)cc1.Fc1[c-]c(F)c(CCCn2cc3ccccc3c2)cc1.[C-]1=CC=CC1.[C-]1=CC=CC1.[Ti+4]. The van der Waals surface area contributed by atoms with Crippen molar-refractivity contribution in [2.45, 2.75) is 51.6 Å². The third-order valence-electron chi connectivity index (χ3n) is 7.99. The number of aryl methyl sites for hydroxylation is 4. The fourth-order valence-corrected chi connectivity index (χ4v) is 5.46. The van der Waals surface area contributed by atoms with Crippen LogP contribution in [0.1, 0.15) is 36.8 Å². The van der Waals surface area contributed by atoms with Gasteiger partial charge in [0.2, 0.25) is 0 Å². The van der Waals surface area contributed by atoms with Crippen LogP contribution in [0, 0.1) is 47.6 Å². The molecule has 6 aromatic rings. The minimum atomic E-state index is -0.650. The molecule has 256 valence electrons. The number of rotatable bonds is 8. The van der Waals surface area contributed by atoms with Crippen LogP contribution in [0.3, 0.4) is 0 Å². The van der Waals surface area contributed by atoms with Crippen molar-refractivity contribution in [3.05, 3.63) is 193 Å². The molecule has 7 heteroatoms. The van der Waals surface area contributed by atoms with Crippen molar-refractivity contribution in [2.24, 2.45) is 0 Å². The molecule has 2 aliphatic carbocycles. The van der Waals surface area contributed by atoms with E-state index < -0.39 is 23.3 Å². The Bertz CT molecular complexity index is 1850. The predicted octanol–water partition coefficient (Wildman–Crippen LogP) is 11.3. The van der Waals surface area contributed by atoms with Crippen LogP contribution in [0.5, 0.6) is 0 Å². The zero-order chi connectivity index (χ0) is 35.0. The average Bonchev–Trinajstić information content (AvgIpc) is 3.96. The summed E-state index contributed by atoms with van der Waals surface area (Å²) < 4.78 is 56.6. The molecule has 0 radical (unpaired) electrons. The Balaban J connectivity index is 0.000000177. The van der Waals surface area contributed by atoms with Gasteiger partial charge in [0.05, 0.1) is 0 Å². The maximum atomic E-state index is 13.4. The molecule has 0 aliphatic heterocycles. The molecule has 2 heterocycles. The molecule has 8 rings (SSSR count). The average molecular weight is 719 g/mol. The van der Waals surface area contributed by atoms with Gasteiger partial charge in [0.15, 0.2) is 0 Å². The summed E-state index contributed by atoms with van der Waals surface area (Å²) in [6.45, 7) is 1.62. The molecule has 2 aliphatic rings. The number of hydrogen-bond acceptors (Lipinski definition) is 0.